The minimum Gasteiger partial charge on any atom is -0.484 e. The van der Waals surface area contributed by atoms with Crippen LogP contribution >= 0.6 is 0 Å². The fourth-order valence-corrected chi connectivity index (χ4v) is 5.15. The largest absolute Gasteiger partial charge is 0.484 e. The van der Waals surface area contributed by atoms with E-state index in [2.05, 4.69) is 15.3 Å². The summed E-state index contributed by atoms with van der Waals surface area (Å²) in [5, 5.41) is 12.3. The topological polar surface area (TPSA) is 156 Å². The number of urea groups is 1. The van der Waals surface area contributed by atoms with Gasteiger partial charge >= 0.3 is 6.03 Å². The number of hydrogen-bond donors (Lipinski definition) is 1. The van der Waals surface area contributed by atoms with E-state index >= 15 is 0 Å². The molecule has 13 heteroatoms. The van der Waals surface area contributed by atoms with Crippen LogP contribution in [0.1, 0.15) is 40.0 Å². The number of aromatic nitrogens is 2. The molecule has 2 fully saturated rings. The summed E-state index contributed by atoms with van der Waals surface area (Å²) in [7, 11) is 3.07. The van der Waals surface area contributed by atoms with E-state index in [1.165, 1.54) is 24.3 Å². The molecule has 0 aromatic carbocycles. The summed E-state index contributed by atoms with van der Waals surface area (Å²) in [4.78, 5) is 49.7. The first-order valence-corrected chi connectivity index (χ1v) is 13.0. The number of methoxy groups -OCH3 is 2. The number of aryl methyl sites for hydroxylation is 1. The van der Waals surface area contributed by atoms with E-state index in [0.29, 0.717) is 63.2 Å². The lowest BCUT2D eigenvalue weighted by atomic mass is 10.0. The second-order valence-corrected chi connectivity index (χ2v) is 9.74. The Labute approximate surface area is 231 Å². The van der Waals surface area contributed by atoms with Crippen LogP contribution in [0.25, 0.3) is 0 Å². The SMILES string of the molecule is CO[C@H]1COC[C@@H]1Oc1cc(NC(=O)N2CCCc3cc(CN4CC[C@@H](OC)C4=O)c(C=O)nc32)ncc1C#N. The number of aldehydes is 1. The normalized spacial score (nSPS) is 22.1. The van der Waals surface area contributed by atoms with Gasteiger partial charge in [-0.1, -0.05) is 0 Å². The lowest BCUT2D eigenvalue weighted by Crippen LogP contribution is -2.40. The summed E-state index contributed by atoms with van der Waals surface area (Å²) in [6.07, 6.45) is 2.75. The highest BCUT2D eigenvalue weighted by Crippen LogP contribution is 2.30. The van der Waals surface area contributed by atoms with Crippen molar-refractivity contribution in [2.24, 2.45) is 0 Å². The molecule has 5 heterocycles. The number of nitrogens with zero attached hydrogens (tertiary/aromatic N) is 5. The molecule has 0 spiro atoms. The maximum Gasteiger partial charge on any atom is 0.328 e. The molecule has 3 atom stereocenters. The van der Waals surface area contributed by atoms with Gasteiger partial charge in [-0.05, 0) is 24.5 Å². The quantitative estimate of drug-likeness (QED) is 0.480. The fourth-order valence-electron chi connectivity index (χ4n) is 5.15. The van der Waals surface area contributed by atoms with Crippen molar-refractivity contribution < 1.29 is 33.3 Å². The maximum absolute atomic E-state index is 13.3. The minimum absolute atomic E-state index is 0.116. The van der Waals surface area contributed by atoms with Crippen LogP contribution in [0.5, 0.6) is 5.75 Å². The van der Waals surface area contributed by atoms with Gasteiger partial charge in [0.2, 0.25) is 0 Å². The second-order valence-electron chi connectivity index (χ2n) is 9.74. The monoisotopic (exact) mass is 550 g/mol. The van der Waals surface area contributed by atoms with Crippen molar-refractivity contribution in [2.45, 2.75) is 44.1 Å². The number of hydrogen-bond acceptors (Lipinski definition) is 10. The molecule has 3 amide bonds. The Balaban J connectivity index is 1.34. The third-order valence-corrected chi connectivity index (χ3v) is 7.31. The van der Waals surface area contributed by atoms with Gasteiger partial charge in [-0.25, -0.2) is 14.8 Å². The Morgan fingerprint density at radius 2 is 2.08 bits per heavy atom. The highest BCUT2D eigenvalue weighted by atomic mass is 16.6. The smallest absolute Gasteiger partial charge is 0.328 e. The van der Waals surface area contributed by atoms with Crippen LogP contribution in [0, 0.1) is 11.3 Å². The third-order valence-electron chi connectivity index (χ3n) is 7.31. The molecule has 13 nitrogen and oxygen atoms in total. The summed E-state index contributed by atoms with van der Waals surface area (Å²) in [6, 6.07) is 4.89. The second kappa shape index (κ2) is 12.0. The van der Waals surface area contributed by atoms with E-state index in [-0.39, 0.29) is 41.4 Å². The average Bonchev–Trinajstić information content (AvgIpc) is 3.57. The molecule has 0 radical (unpaired) electrons. The molecule has 40 heavy (non-hydrogen) atoms. The number of pyridine rings is 2. The number of carbonyl (C=O) groups is 3. The Bertz CT molecular complexity index is 1350. The van der Waals surface area contributed by atoms with Gasteiger partial charge in [0, 0.05) is 51.9 Å². The van der Waals surface area contributed by atoms with Gasteiger partial charge in [0.25, 0.3) is 5.91 Å². The van der Waals surface area contributed by atoms with Gasteiger partial charge < -0.3 is 23.8 Å². The number of ether oxygens (including phenoxy) is 4. The number of fused-ring (bicyclic) bond motifs is 1. The van der Waals surface area contributed by atoms with Gasteiger partial charge in [-0.15, -0.1) is 0 Å². The van der Waals surface area contributed by atoms with Crippen LogP contribution in [-0.4, -0.2) is 91.9 Å². The molecular weight excluding hydrogens is 520 g/mol. The first-order valence-electron chi connectivity index (χ1n) is 13.0. The Hall–Kier alpha value is -4.12. The van der Waals surface area contributed by atoms with Gasteiger partial charge in [0.15, 0.2) is 12.4 Å². The molecule has 0 saturated carbocycles. The number of likely N-dealkylation sites (tertiary alicyclic amines) is 1. The van der Waals surface area contributed by atoms with E-state index in [1.807, 2.05) is 12.1 Å². The molecule has 2 aromatic heterocycles. The Morgan fingerprint density at radius 3 is 2.80 bits per heavy atom. The average molecular weight is 551 g/mol. The molecule has 0 bridgehead atoms. The lowest BCUT2D eigenvalue weighted by Gasteiger charge is -2.29. The lowest BCUT2D eigenvalue weighted by molar-refractivity contribution is -0.136. The molecule has 3 aliphatic heterocycles. The van der Waals surface area contributed by atoms with E-state index < -0.39 is 18.2 Å². The van der Waals surface area contributed by atoms with Gasteiger partial charge in [0.05, 0.1) is 19.4 Å². The van der Waals surface area contributed by atoms with E-state index in [0.717, 1.165) is 5.56 Å². The number of carbonyl (C=O) groups excluding carboxylic acids is 3. The van der Waals surface area contributed by atoms with Crippen molar-refractivity contribution in [2.75, 3.05) is 50.7 Å². The van der Waals surface area contributed by atoms with Gasteiger partial charge in [-0.2, -0.15) is 5.26 Å². The molecule has 5 rings (SSSR count). The first-order chi connectivity index (χ1) is 19.4. The molecular formula is C27H30N6O7. The first kappa shape index (κ1) is 27.4. The van der Waals surface area contributed by atoms with Crippen molar-refractivity contribution in [1.29, 1.82) is 5.26 Å². The number of nitriles is 1. The highest BCUT2D eigenvalue weighted by molar-refractivity contribution is 6.01. The molecule has 0 aliphatic carbocycles. The van der Waals surface area contributed by atoms with Crippen LogP contribution in [0.3, 0.4) is 0 Å². The number of anilines is 2. The molecule has 2 aromatic rings. The van der Waals surface area contributed by atoms with E-state index in [4.69, 9.17) is 18.9 Å². The standard InChI is InChI=1S/C27H30N6O7/c1-37-20-5-7-32(26(20)35)12-17-8-16-4-3-6-33(25(16)30-19(17)13-34)27(36)31-24-9-21(18(10-28)11-29-24)40-23-15-39-14-22(23)38-2/h8-9,11,13,20,22-23H,3-7,12,14-15H2,1-2H3,(H,29,31,36)/t20-,22+,23+/m1/s1. The van der Waals surface area contributed by atoms with Gasteiger partial charge in [-0.3, -0.25) is 19.8 Å². The predicted octanol–water partition coefficient (Wildman–Crippen LogP) is 1.69. The molecule has 2 saturated heterocycles. The van der Waals surface area contributed by atoms with Gasteiger partial charge in [0.1, 0.15) is 46.9 Å². The maximum atomic E-state index is 13.3. The number of rotatable bonds is 8. The van der Waals surface area contributed by atoms with Crippen LogP contribution < -0.4 is 15.0 Å². The number of amides is 3. The van der Waals surface area contributed by atoms with Crippen molar-refractivity contribution in [3.05, 3.63) is 40.7 Å². The fraction of sp³-hybridized carbons (Fsp3) is 0.481. The Kier molecular flexibility index (Phi) is 8.20. The predicted molar refractivity (Wildman–Crippen MR) is 140 cm³/mol. The highest BCUT2D eigenvalue weighted by Gasteiger charge is 2.33. The third kappa shape index (κ3) is 5.46. The summed E-state index contributed by atoms with van der Waals surface area (Å²) in [5.74, 6) is 0.705. The Morgan fingerprint density at radius 1 is 1.25 bits per heavy atom. The van der Waals surface area contributed by atoms with E-state index in [9.17, 15) is 19.6 Å². The zero-order valence-electron chi connectivity index (χ0n) is 22.3. The zero-order valence-corrected chi connectivity index (χ0v) is 22.3. The van der Waals surface area contributed by atoms with Crippen molar-refractivity contribution in [3.8, 4) is 11.8 Å². The molecule has 0 unspecified atom stereocenters. The van der Waals surface area contributed by atoms with Crippen molar-refractivity contribution in [1.82, 2.24) is 14.9 Å². The summed E-state index contributed by atoms with van der Waals surface area (Å²) in [6.45, 7) is 1.85. The van der Waals surface area contributed by atoms with Crippen molar-refractivity contribution >= 4 is 29.9 Å². The molecule has 3 aliphatic rings. The van der Waals surface area contributed by atoms with E-state index in [1.54, 1.807) is 12.0 Å². The molecule has 210 valence electrons. The number of nitrogens with one attached hydrogen (secondary N) is 1. The van der Waals surface area contributed by atoms with Crippen LogP contribution in [0.4, 0.5) is 16.4 Å². The van der Waals surface area contributed by atoms with Crippen LogP contribution in [-0.2, 0) is 32.0 Å². The molecule has 1 N–H and O–H groups in total. The van der Waals surface area contributed by atoms with Crippen LogP contribution in [0.15, 0.2) is 18.3 Å². The summed E-state index contributed by atoms with van der Waals surface area (Å²) >= 11 is 0. The summed E-state index contributed by atoms with van der Waals surface area (Å²) < 4.78 is 22.0. The van der Waals surface area contributed by atoms with Crippen LogP contribution in [0.2, 0.25) is 0 Å². The van der Waals surface area contributed by atoms with Crippen molar-refractivity contribution in [3.63, 3.8) is 0 Å². The summed E-state index contributed by atoms with van der Waals surface area (Å²) in [5.41, 5.74) is 1.81. The minimum atomic E-state index is -0.488. The zero-order chi connectivity index (χ0) is 28.2.